The second-order valence-electron chi connectivity index (χ2n) is 5.65. The predicted molar refractivity (Wildman–Crippen MR) is 82.5 cm³/mol. The van der Waals surface area contributed by atoms with Crippen LogP contribution in [0.4, 0.5) is 0 Å². The summed E-state index contributed by atoms with van der Waals surface area (Å²) in [6.45, 7) is 2.48. The van der Waals surface area contributed by atoms with Crippen LogP contribution in [0.25, 0.3) is 0 Å². The average molecular weight is 283 g/mol. The zero-order chi connectivity index (χ0) is 14.7. The molecule has 1 aliphatic rings. The Balaban J connectivity index is 1.74. The molecule has 21 heavy (non-hydrogen) atoms. The molecule has 0 bridgehead atoms. The Morgan fingerprint density at radius 1 is 1.24 bits per heavy atom. The van der Waals surface area contributed by atoms with Crippen molar-refractivity contribution in [2.45, 2.75) is 38.7 Å². The number of nitrogens with zero attached hydrogens (tertiary/aromatic N) is 1. The number of benzene rings is 1. The monoisotopic (exact) mass is 283 g/mol. The summed E-state index contributed by atoms with van der Waals surface area (Å²) >= 11 is 0. The summed E-state index contributed by atoms with van der Waals surface area (Å²) in [5.41, 5.74) is 4.38. The molecular weight excluding hydrogens is 262 g/mol. The summed E-state index contributed by atoms with van der Waals surface area (Å²) in [4.78, 5) is 4.32. The van der Waals surface area contributed by atoms with Crippen molar-refractivity contribution in [3.05, 3.63) is 58.9 Å². The van der Waals surface area contributed by atoms with Crippen molar-refractivity contribution in [3.63, 3.8) is 0 Å². The van der Waals surface area contributed by atoms with Crippen LogP contribution >= 0.6 is 0 Å². The van der Waals surface area contributed by atoms with Gasteiger partial charge in [0.25, 0.3) is 0 Å². The molecule has 1 aromatic carbocycles. The summed E-state index contributed by atoms with van der Waals surface area (Å²) in [5, 5.41) is 9.40. The molecule has 3 nitrogen and oxygen atoms in total. The molecule has 1 unspecified atom stereocenters. The van der Waals surface area contributed by atoms with Crippen molar-refractivity contribution in [2.24, 2.45) is 0 Å². The summed E-state index contributed by atoms with van der Waals surface area (Å²) < 4.78 is 5.96. The van der Waals surface area contributed by atoms with E-state index in [1.807, 2.05) is 19.1 Å². The fourth-order valence-corrected chi connectivity index (χ4v) is 3.06. The minimum absolute atomic E-state index is 0.0851. The first-order valence-corrected chi connectivity index (χ1v) is 7.56. The topological polar surface area (TPSA) is 42.4 Å². The third-order valence-corrected chi connectivity index (χ3v) is 4.16. The maximum Gasteiger partial charge on any atom is 0.143 e. The lowest BCUT2D eigenvalue weighted by Gasteiger charge is -2.25. The summed E-state index contributed by atoms with van der Waals surface area (Å²) in [6, 6.07) is 12.5. The van der Waals surface area contributed by atoms with Gasteiger partial charge in [-0.25, -0.2) is 0 Å². The molecule has 1 N–H and O–H groups in total. The van der Waals surface area contributed by atoms with E-state index in [1.165, 1.54) is 24.0 Å². The number of hydrogen-bond donors (Lipinski definition) is 1. The van der Waals surface area contributed by atoms with E-state index in [-0.39, 0.29) is 6.61 Å². The maximum atomic E-state index is 9.40. The first kappa shape index (κ1) is 14.1. The van der Waals surface area contributed by atoms with Gasteiger partial charge in [0.2, 0.25) is 0 Å². The molecule has 1 aliphatic carbocycles. The van der Waals surface area contributed by atoms with Crippen molar-refractivity contribution in [1.82, 2.24) is 4.98 Å². The number of hydrogen-bond acceptors (Lipinski definition) is 3. The van der Waals surface area contributed by atoms with Gasteiger partial charge in [0.1, 0.15) is 11.4 Å². The van der Waals surface area contributed by atoms with Gasteiger partial charge >= 0.3 is 0 Å². The van der Waals surface area contributed by atoms with E-state index in [4.69, 9.17) is 4.74 Å². The lowest BCUT2D eigenvalue weighted by atomic mass is 9.83. The molecule has 0 radical (unpaired) electrons. The molecule has 0 saturated carbocycles. The molecule has 3 rings (SSSR count). The van der Waals surface area contributed by atoms with Crippen LogP contribution in [0.3, 0.4) is 0 Å². The smallest absolute Gasteiger partial charge is 0.143 e. The van der Waals surface area contributed by atoms with Crippen molar-refractivity contribution in [2.75, 3.05) is 6.61 Å². The Morgan fingerprint density at radius 2 is 2.10 bits per heavy atom. The minimum Gasteiger partial charge on any atom is -0.491 e. The third kappa shape index (κ3) is 3.08. The van der Waals surface area contributed by atoms with E-state index in [0.717, 1.165) is 12.1 Å². The van der Waals surface area contributed by atoms with Gasteiger partial charge in [-0.15, -0.1) is 0 Å². The number of fused-ring (bicyclic) bond motifs is 1. The first-order valence-electron chi connectivity index (χ1n) is 7.56. The van der Waals surface area contributed by atoms with Gasteiger partial charge in [-0.3, -0.25) is 4.98 Å². The van der Waals surface area contributed by atoms with Gasteiger partial charge in [0.15, 0.2) is 0 Å². The number of rotatable bonds is 4. The molecule has 110 valence electrons. The fraction of sp³-hybridized carbons (Fsp3) is 0.389. The number of aromatic nitrogens is 1. The van der Waals surface area contributed by atoms with Crippen LogP contribution in [0.2, 0.25) is 0 Å². The second-order valence-corrected chi connectivity index (χ2v) is 5.65. The highest BCUT2D eigenvalue weighted by molar-refractivity contribution is 5.33. The lowest BCUT2D eigenvalue weighted by Crippen LogP contribution is -2.17. The predicted octanol–water partition coefficient (Wildman–Crippen LogP) is 3.38. The zero-order valence-electron chi connectivity index (χ0n) is 12.4. The van der Waals surface area contributed by atoms with Crippen molar-refractivity contribution in [1.29, 1.82) is 0 Å². The molecule has 0 saturated heterocycles. The molecule has 1 heterocycles. The number of aliphatic hydroxyl groups is 1. The molecule has 1 atom stereocenters. The molecule has 3 heteroatoms. The molecule has 1 aromatic heterocycles. The molecular formula is C18H21NO2. The van der Waals surface area contributed by atoms with Gasteiger partial charge in [-0.2, -0.15) is 0 Å². The highest BCUT2D eigenvalue weighted by Crippen LogP contribution is 2.32. The Bertz CT molecular complexity index is 624. The van der Waals surface area contributed by atoms with Crippen LogP contribution < -0.4 is 4.74 Å². The molecule has 2 aromatic rings. The Kier molecular flexibility index (Phi) is 4.20. The summed E-state index contributed by atoms with van der Waals surface area (Å²) in [7, 11) is 0. The van der Waals surface area contributed by atoms with E-state index < -0.39 is 0 Å². The Hall–Kier alpha value is -1.87. The number of aliphatic hydroxyl groups excluding tert-OH is 1. The van der Waals surface area contributed by atoms with E-state index in [9.17, 15) is 5.11 Å². The molecule has 0 amide bonds. The van der Waals surface area contributed by atoms with E-state index in [0.29, 0.717) is 24.0 Å². The van der Waals surface area contributed by atoms with E-state index in [2.05, 4.69) is 29.2 Å². The van der Waals surface area contributed by atoms with Crippen LogP contribution in [-0.4, -0.2) is 16.7 Å². The molecule has 0 spiro atoms. The van der Waals surface area contributed by atoms with E-state index in [1.54, 1.807) is 0 Å². The van der Waals surface area contributed by atoms with Crippen LogP contribution in [0.5, 0.6) is 5.75 Å². The average Bonchev–Trinajstić information content (AvgIpc) is 2.53. The third-order valence-electron chi connectivity index (χ3n) is 4.16. The zero-order valence-corrected chi connectivity index (χ0v) is 12.4. The number of aryl methyl sites for hydroxylation is 2. The van der Waals surface area contributed by atoms with E-state index >= 15 is 0 Å². The van der Waals surface area contributed by atoms with Gasteiger partial charge in [-0.1, -0.05) is 24.3 Å². The summed E-state index contributed by atoms with van der Waals surface area (Å²) in [5.74, 6) is 1.13. The highest BCUT2D eigenvalue weighted by Gasteiger charge is 2.20. The Labute approximate surface area is 125 Å². The van der Waals surface area contributed by atoms with Crippen molar-refractivity contribution < 1.29 is 9.84 Å². The van der Waals surface area contributed by atoms with Gasteiger partial charge in [0.05, 0.1) is 13.2 Å². The second kappa shape index (κ2) is 6.27. The SMILES string of the molecule is Cc1ccc(OCC2CCCc3ccccc32)c(CO)n1. The normalized spacial score (nSPS) is 17.3. The molecule has 0 aliphatic heterocycles. The number of pyridine rings is 1. The standard InChI is InChI=1S/C18H21NO2/c1-13-9-10-18(17(11-20)19-13)21-12-15-7-4-6-14-5-2-3-8-16(14)15/h2-3,5,8-10,15,20H,4,6-7,11-12H2,1H3. The largest absolute Gasteiger partial charge is 0.491 e. The first-order chi connectivity index (χ1) is 10.3. The van der Waals surface area contributed by atoms with Crippen LogP contribution in [0.15, 0.2) is 36.4 Å². The summed E-state index contributed by atoms with van der Waals surface area (Å²) in [6.07, 6.45) is 3.54. The highest BCUT2D eigenvalue weighted by atomic mass is 16.5. The minimum atomic E-state index is -0.0851. The lowest BCUT2D eigenvalue weighted by molar-refractivity contribution is 0.243. The van der Waals surface area contributed by atoms with Crippen LogP contribution in [-0.2, 0) is 13.0 Å². The van der Waals surface area contributed by atoms with Crippen molar-refractivity contribution >= 4 is 0 Å². The van der Waals surface area contributed by atoms with Crippen molar-refractivity contribution in [3.8, 4) is 5.75 Å². The van der Waals surface area contributed by atoms with Gasteiger partial charge in [-0.05, 0) is 49.4 Å². The maximum absolute atomic E-state index is 9.40. The van der Waals surface area contributed by atoms with Gasteiger partial charge in [0, 0.05) is 11.6 Å². The van der Waals surface area contributed by atoms with Crippen LogP contribution in [0, 0.1) is 6.92 Å². The number of ether oxygens (including phenoxy) is 1. The van der Waals surface area contributed by atoms with Gasteiger partial charge < -0.3 is 9.84 Å². The quantitative estimate of drug-likeness (QED) is 0.935. The Morgan fingerprint density at radius 3 is 2.95 bits per heavy atom. The fourth-order valence-electron chi connectivity index (χ4n) is 3.06. The van der Waals surface area contributed by atoms with Crippen LogP contribution in [0.1, 0.15) is 41.3 Å². The molecule has 0 fully saturated rings.